The molecule has 1 heterocycles. The van der Waals surface area contributed by atoms with Crippen molar-refractivity contribution in [1.29, 1.82) is 0 Å². The predicted octanol–water partition coefficient (Wildman–Crippen LogP) is -8.16. The van der Waals surface area contributed by atoms with Gasteiger partial charge in [-0.3, -0.25) is 4.79 Å². The van der Waals surface area contributed by atoms with Gasteiger partial charge < -0.3 is 30.7 Å². The number of carbonyl (C=O) groups excluding carboxylic acids is 2. The molecule has 0 amide bonds. The van der Waals surface area contributed by atoms with Crippen LogP contribution in [0.1, 0.15) is 25.7 Å². The fourth-order valence-corrected chi connectivity index (χ4v) is 0.698. The van der Waals surface area contributed by atoms with E-state index in [0.29, 0.717) is 19.4 Å². The number of cyclic esters (lactones) is 1. The number of rotatable bonds is 3. The van der Waals surface area contributed by atoms with Crippen LogP contribution >= 0.6 is 0 Å². The van der Waals surface area contributed by atoms with Crippen LogP contribution in [0.15, 0.2) is 0 Å². The Kier molecular flexibility index (Phi) is 39.8. The summed E-state index contributed by atoms with van der Waals surface area (Å²) in [5.41, 5.74) is 0. The number of hydrogen-bond acceptors (Lipinski definition) is 6. The Hall–Kier alpha value is 0.820. The number of carbonyl (C=O) groups is 2. The van der Waals surface area contributed by atoms with E-state index >= 15 is 0 Å². The molecule has 0 atom stereocenters. The van der Waals surface area contributed by atoms with Gasteiger partial charge in [0.1, 0.15) is 0 Å². The molecule has 4 N–H and O–H groups in total. The monoisotopic (exact) mass is 270 g/mol. The summed E-state index contributed by atoms with van der Waals surface area (Å²) >= 11 is 0. The second-order valence-corrected chi connectivity index (χ2v) is 2.52. The van der Waals surface area contributed by atoms with E-state index in [1.807, 2.05) is 0 Å². The number of carboxylic acid groups (broad SMARTS) is 1. The smallest absolute Gasteiger partial charge is 0.870 e. The van der Waals surface area contributed by atoms with Gasteiger partial charge in [0.2, 0.25) is 0 Å². The van der Waals surface area contributed by atoms with Crippen LogP contribution in [0.5, 0.6) is 0 Å². The molecule has 1 fully saturated rings. The van der Waals surface area contributed by atoms with Crippen molar-refractivity contribution in [2.45, 2.75) is 25.7 Å². The summed E-state index contributed by atoms with van der Waals surface area (Å²) in [7, 11) is 0. The summed E-state index contributed by atoms with van der Waals surface area (Å²) in [6.07, 6.45) is 1.79. The van der Waals surface area contributed by atoms with Crippen molar-refractivity contribution < 1.29 is 94.6 Å². The molecular weight excluding hydrogens is 254 g/mol. The van der Waals surface area contributed by atoms with Gasteiger partial charge in [-0.05, 0) is 19.3 Å². The minimum Gasteiger partial charge on any atom is -0.870 e. The Labute approximate surface area is 144 Å². The third kappa shape index (κ3) is 26.4. The number of carboxylic acids is 1. The zero-order valence-electron chi connectivity index (χ0n) is 10.3. The van der Waals surface area contributed by atoms with Gasteiger partial charge in [0.05, 0.1) is 6.61 Å². The number of aliphatic carboxylic acids is 1. The van der Waals surface area contributed by atoms with Gasteiger partial charge in [-0.1, -0.05) is 0 Å². The molecule has 9 heteroatoms. The van der Waals surface area contributed by atoms with E-state index in [0.717, 1.165) is 6.42 Å². The predicted molar refractivity (Wildman–Crippen MR) is 47.1 cm³/mol. The summed E-state index contributed by atoms with van der Waals surface area (Å²) < 4.78 is 4.51. The van der Waals surface area contributed by atoms with Crippen LogP contribution in [0.25, 0.3) is 0 Å². The maximum absolute atomic E-state index is 10.0. The van der Waals surface area contributed by atoms with E-state index in [1.165, 1.54) is 0 Å². The first-order valence-electron chi connectivity index (χ1n) is 4.13. The SMILES string of the molecule is O.O=C([O-])CCCO.O=C1CCCO1.[Na+].[Na+].[OH-]. The largest absolute Gasteiger partial charge is 1.00 e. The summed E-state index contributed by atoms with van der Waals surface area (Å²) in [4.78, 5) is 19.6. The van der Waals surface area contributed by atoms with Crippen LogP contribution in [0.3, 0.4) is 0 Å². The normalized spacial score (nSPS) is 11.0. The summed E-state index contributed by atoms with van der Waals surface area (Å²) in [6, 6.07) is 0. The Morgan fingerprint density at radius 2 is 1.94 bits per heavy atom. The van der Waals surface area contributed by atoms with E-state index in [4.69, 9.17) is 5.11 Å². The van der Waals surface area contributed by atoms with Gasteiger partial charge in [0.25, 0.3) is 0 Å². The van der Waals surface area contributed by atoms with E-state index in [9.17, 15) is 14.7 Å². The van der Waals surface area contributed by atoms with Crippen molar-refractivity contribution in [3.8, 4) is 0 Å². The fourth-order valence-electron chi connectivity index (χ4n) is 0.698. The molecule has 0 aliphatic carbocycles. The zero-order chi connectivity index (χ0) is 10.1. The maximum Gasteiger partial charge on any atom is 1.00 e. The first-order valence-corrected chi connectivity index (χ1v) is 4.13. The van der Waals surface area contributed by atoms with Crippen LogP contribution in [0.2, 0.25) is 0 Å². The molecule has 0 saturated carbocycles. The van der Waals surface area contributed by atoms with Crippen molar-refractivity contribution in [3.63, 3.8) is 0 Å². The Morgan fingerprint density at radius 1 is 1.41 bits per heavy atom. The Bertz CT molecular complexity index is 169. The molecule has 1 saturated heterocycles. The second kappa shape index (κ2) is 22.0. The van der Waals surface area contributed by atoms with Gasteiger partial charge in [0, 0.05) is 19.0 Å². The standard InChI is InChI=1S/C4H8O3.C4H6O2.2Na.2H2O/c5-3-1-2-4(6)7;5-4-2-1-3-6-4;;;;/h5H,1-3H2,(H,6,7);1-3H2;;;2*1H2/q;;2*+1;;/p-2. The molecule has 0 unspecified atom stereocenters. The molecule has 0 aromatic carbocycles. The first kappa shape index (κ1) is 30.7. The molecule has 0 radical (unpaired) electrons. The molecule has 7 nitrogen and oxygen atoms in total. The number of aliphatic hydroxyl groups is 1. The minimum atomic E-state index is -1.10. The van der Waals surface area contributed by atoms with Gasteiger partial charge in [0.15, 0.2) is 0 Å². The molecule has 0 bridgehead atoms. The minimum absolute atomic E-state index is 0. The molecule has 17 heavy (non-hydrogen) atoms. The third-order valence-corrected chi connectivity index (χ3v) is 1.33. The molecular formula is C8H16Na2O7. The van der Waals surface area contributed by atoms with Crippen LogP contribution in [0.4, 0.5) is 0 Å². The quantitative estimate of drug-likeness (QED) is 0.397. The van der Waals surface area contributed by atoms with Crippen molar-refractivity contribution in [2.75, 3.05) is 13.2 Å². The van der Waals surface area contributed by atoms with E-state index in [2.05, 4.69) is 4.74 Å². The number of ether oxygens (including phenoxy) is 1. The average molecular weight is 270 g/mol. The van der Waals surface area contributed by atoms with Crippen LogP contribution in [-0.2, 0) is 14.3 Å². The fraction of sp³-hybridized carbons (Fsp3) is 0.750. The van der Waals surface area contributed by atoms with Gasteiger partial charge in [-0.25, -0.2) is 0 Å². The van der Waals surface area contributed by atoms with Crippen molar-refractivity contribution in [1.82, 2.24) is 0 Å². The molecule has 0 aromatic heterocycles. The van der Waals surface area contributed by atoms with E-state index in [1.54, 1.807) is 0 Å². The van der Waals surface area contributed by atoms with Crippen molar-refractivity contribution in [2.24, 2.45) is 0 Å². The van der Waals surface area contributed by atoms with Crippen molar-refractivity contribution in [3.05, 3.63) is 0 Å². The summed E-state index contributed by atoms with van der Waals surface area (Å²) in [6.45, 7) is 0.562. The Morgan fingerprint density at radius 3 is 2.06 bits per heavy atom. The Balaban J connectivity index is -0.0000000458. The maximum atomic E-state index is 10.0. The van der Waals surface area contributed by atoms with Gasteiger partial charge in [-0.15, -0.1) is 0 Å². The van der Waals surface area contributed by atoms with E-state index < -0.39 is 5.97 Å². The molecule has 1 aliphatic heterocycles. The van der Waals surface area contributed by atoms with Crippen molar-refractivity contribution >= 4 is 11.9 Å². The number of esters is 1. The second-order valence-electron chi connectivity index (χ2n) is 2.52. The average Bonchev–Trinajstić information content (AvgIpc) is 2.53. The molecule has 92 valence electrons. The van der Waals surface area contributed by atoms with Crippen LogP contribution in [-0.4, -0.2) is 41.2 Å². The van der Waals surface area contributed by atoms with Crippen LogP contribution in [0, 0.1) is 0 Å². The molecule has 1 aliphatic rings. The van der Waals surface area contributed by atoms with Gasteiger partial charge in [-0.2, -0.15) is 0 Å². The number of aliphatic hydroxyl groups excluding tert-OH is 1. The number of hydrogen-bond donors (Lipinski definition) is 1. The third-order valence-electron chi connectivity index (χ3n) is 1.33. The topological polar surface area (TPSA) is 148 Å². The van der Waals surface area contributed by atoms with E-state index in [-0.39, 0.29) is 89.1 Å². The molecule has 1 rings (SSSR count). The zero-order valence-corrected chi connectivity index (χ0v) is 14.3. The molecule has 0 aromatic rings. The summed E-state index contributed by atoms with van der Waals surface area (Å²) in [5, 5.41) is 17.6. The molecule has 0 spiro atoms. The first-order chi connectivity index (χ1) is 6.16. The summed E-state index contributed by atoms with van der Waals surface area (Å²) in [5.74, 6) is -1.15. The van der Waals surface area contributed by atoms with Crippen LogP contribution < -0.4 is 64.2 Å². The van der Waals surface area contributed by atoms with Gasteiger partial charge >= 0.3 is 65.1 Å².